The van der Waals surface area contributed by atoms with Crippen molar-refractivity contribution in [2.75, 3.05) is 11.9 Å². The van der Waals surface area contributed by atoms with Crippen LogP contribution in [-0.4, -0.2) is 12.5 Å². The molecule has 3 rings (SSSR count). The molecule has 1 amide bonds. The number of hydrogen-bond donors (Lipinski definition) is 1. The highest BCUT2D eigenvalue weighted by atomic mass is 19.1. The van der Waals surface area contributed by atoms with Gasteiger partial charge >= 0.3 is 0 Å². The molecule has 0 aromatic heterocycles. The first-order valence-corrected chi connectivity index (χ1v) is 8.01. The van der Waals surface area contributed by atoms with Gasteiger partial charge in [-0.15, -0.1) is 0 Å². The van der Waals surface area contributed by atoms with Crippen LogP contribution in [0.3, 0.4) is 0 Å². The zero-order chi connectivity index (χ0) is 16.9. The van der Waals surface area contributed by atoms with E-state index in [-0.39, 0.29) is 5.56 Å². The summed E-state index contributed by atoms with van der Waals surface area (Å²) >= 11 is 0. The molecule has 24 heavy (non-hydrogen) atoms. The van der Waals surface area contributed by atoms with E-state index in [9.17, 15) is 9.18 Å². The third kappa shape index (κ3) is 4.14. The van der Waals surface area contributed by atoms with Crippen molar-refractivity contribution in [1.29, 1.82) is 0 Å². The summed E-state index contributed by atoms with van der Waals surface area (Å²) in [5.41, 5.74) is 1.14. The lowest BCUT2D eigenvalue weighted by Gasteiger charge is -2.08. The van der Waals surface area contributed by atoms with E-state index in [2.05, 4.69) is 17.2 Å². The van der Waals surface area contributed by atoms with Gasteiger partial charge in [-0.3, -0.25) is 4.79 Å². The Hall–Kier alpha value is -2.80. The highest BCUT2D eigenvalue weighted by molar-refractivity contribution is 6.04. The predicted octanol–water partition coefficient (Wildman–Crippen LogP) is 4.24. The smallest absolute Gasteiger partial charge is 0.258 e. The monoisotopic (exact) mass is 323 g/mol. The molecule has 0 bridgehead atoms. The number of anilines is 1. The summed E-state index contributed by atoms with van der Waals surface area (Å²) in [4.78, 5) is 12.3. The Morgan fingerprint density at radius 3 is 2.83 bits per heavy atom. The van der Waals surface area contributed by atoms with Gasteiger partial charge in [-0.1, -0.05) is 17.9 Å². The fraction of sp³-hybridized carbons (Fsp3) is 0.250. The second-order valence-corrected chi connectivity index (χ2v) is 5.65. The molecular formula is C20H18FNO2. The van der Waals surface area contributed by atoms with Crippen LogP contribution in [0.15, 0.2) is 42.5 Å². The van der Waals surface area contributed by atoms with Gasteiger partial charge in [-0.2, -0.15) is 0 Å². The summed E-state index contributed by atoms with van der Waals surface area (Å²) in [6.45, 7) is 2.42. The molecule has 1 aliphatic rings. The fourth-order valence-corrected chi connectivity index (χ4v) is 2.22. The van der Waals surface area contributed by atoms with Crippen LogP contribution in [0.5, 0.6) is 5.75 Å². The van der Waals surface area contributed by atoms with Crippen LogP contribution in [0, 0.1) is 23.6 Å². The van der Waals surface area contributed by atoms with Crippen LogP contribution >= 0.6 is 0 Å². The van der Waals surface area contributed by atoms with Gasteiger partial charge in [0.15, 0.2) is 0 Å². The minimum atomic E-state index is -0.573. The second-order valence-electron chi connectivity index (χ2n) is 5.65. The van der Waals surface area contributed by atoms with Gasteiger partial charge in [0, 0.05) is 23.2 Å². The van der Waals surface area contributed by atoms with E-state index >= 15 is 0 Å². The van der Waals surface area contributed by atoms with Crippen LogP contribution in [0.2, 0.25) is 0 Å². The predicted molar refractivity (Wildman–Crippen MR) is 91.6 cm³/mol. The Bertz CT molecular complexity index is 816. The van der Waals surface area contributed by atoms with Crippen LogP contribution in [0.1, 0.15) is 35.7 Å². The van der Waals surface area contributed by atoms with E-state index in [1.54, 1.807) is 30.3 Å². The molecule has 1 aliphatic carbocycles. The van der Waals surface area contributed by atoms with Crippen molar-refractivity contribution in [2.45, 2.75) is 19.8 Å². The summed E-state index contributed by atoms with van der Waals surface area (Å²) in [6, 6.07) is 11.4. The van der Waals surface area contributed by atoms with E-state index in [1.165, 1.54) is 12.1 Å². The topological polar surface area (TPSA) is 38.3 Å². The number of nitrogens with one attached hydrogen (secondary N) is 1. The molecule has 0 heterocycles. The molecular weight excluding hydrogens is 305 g/mol. The minimum absolute atomic E-state index is 0.00575. The van der Waals surface area contributed by atoms with Gasteiger partial charge in [0.05, 0.1) is 12.2 Å². The number of carbonyl (C=O) groups excluding carboxylic acids is 1. The number of hydrogen-bond acceptors (Lipinski definition) is 2. The van der Waals surface area contributed by atoms with Crippen molar-refractivity contribution < 1.29 is 13.9 Å². The first kappa shape index (κ1) is 16.1. The molecule has 1 fully saturated rings. The molecule has 1 saturated carbocycles. The number of benzene rings is 2. The maximum atomic E-state index is 14.2. The molecule has 0 radical (unpaired) electrons. The standard InChI is InChI=1S/C20H18FNO2/c1-2-24-17-5-3-4-16(13-17)22-20(23)18-11-10-15(12-19(18)21)9-8-14-6-7-14/h3-5,10-14H,2,6-7H2,1H3,(H,22,23). The third-order valence-corrected chi connectivity index (χ3v) is 3.61. The van der Waals surface area contributed by atoms with Gasteiger partial charge in [-0.25, -0.2) is 4.39 Å². The Kier molecular flexibility index (Phi) is 4.81. The van der Waals surface area contributed by atoms with E-state index in [0.29, 0.717) is 29.5 Å². The molecule has 3 nitrogen and oxygen atoms in total. The van der Waals surface area contributed by atoms with Crippen LogP contribution < -0.4 is 10.1 Å². The molecule has 0 unspecified atom stereocenters. The van der Waals surface area contributed by atoms with Crippen molar-refractivity contribution >= 4 is 11.6 Å². The van der Waals surface area contributed by atoms with Crippen LogP contribution in [0.25, 0.3) is 0 Å². The summed E-state index contributed by atoms with van der Waals surface area (Å²) in [5, 5.41) is 2.68. The lowest BCUT2D eigenvalue weighted by atomic mass is 10.1. The molecule has 0 atom stereocenters. The van der Waals surface area contributed by atoms with Crippen LogP contribution in [-0.2, 0) is 0 Å². The Labute approximate surface area is 140 Å². The highest BCUT2D eigenvalue weighted by Crippen LogP contribution is 2.27. The Morgan fingerprint density at radius 2 is 2.12 bits per heavy atom. The molecule has 1 N–H and O–H groups in total. The largest absolute Gasteiger partial charge is 0.494 e. The van der Waals surface area contributed by atoms with Gasteiger partial charge in [0.2, 0.25) is 0 Å². The zero-order valence-electron chi connectivity index (χ0n) is 13.4. The number of amides is 1. The van der Waals surface area contributed by atoms with E-state index < -0.39 is 11.7 Å². The lowest BCUT2D eigenvalue weighted by Crippen LogP contribution is -2.14. The summed E-state index contributed by atoms with van der Waals surface area (Å²) in [6.07, 6.45) is 2.24. The first-order valence-electron chi connectivity index (χ1n) is 8.01. The summed E-state index contributed by atoms with van der Waals surface area (Å²) in [7, 11) is 0. The second kappa shape index (κ2) is 7.18. The SMILES string of the molecule is CCOc1cccc(NC(=O)c2ccc(C#CC3CC3)cc2F)c1. The maximum Gasteiger partial charge on any atom is 0.258 e. The van der Waals surface area contributed by atoms with Gasteiger partial charge < -0.3 is 10.1 Å². The summed E-state index contributed by atoms with van der Waals surface area (Å²) in [5.74, 6) is 6.06. The first-order chi connectivity index (χ1) is 11.7. The number of carbonyl (C=O) groups is 1. The average Bonchev–Trinajstić information content (AvgIpc) is 3.38. The fourth-order valence-electron chi connectivity index (χ4n) is 2.22. The molecule has 122 valence electrons. The quantitative estimate of drug-likeness (QED) is 0.855. The lowest BCUT2D eigenvalue weighted by molar-refractivity contribution is 0.102. The van der Waals surface area contributed by atoms with Crippen LogP contribution in [0.4, 0.5) is 10.1 Å². The number of ether oxygens (including phenoxy) is 1. The number of rotatable bonds is 4. The van der Waals surface area contributed by atoms with Crippen molar-refractivity contribution in [3.8, 4) is 17.6 Å². The molecule has 4 heteroatoms. The third-order valence-electron chi connectivity index (χ3n) is 3.61. The summed E-state index contributed by atoms with van der Waals surface area (Å²) < 4.78 is 19.6. The van der Waals surface area contributed by atoms with Gasteiger partial charge in [0.25, 0.3) is 5.91 Å². The molecule has 0 spiro atoms. The van der Waals surface area contributed by atoms with Crippen molar-refractivity contribution in [1.82, 2.24) is 0 Å². The Balaban J connectivity index is 1.72. The van der Waals surface area contributed by atoms with E-state index in [4.69, 9.17) is 4.74 Å². The molecule has 0 aliphatic heterocycles. The molecule has 0 saturated heterocycles. The molecule has 2 aromatic carbocycles. The van der Waals surface area contributed by atoms with Gasteiger partial charge in [0.1, 0.15) is 11.6 Å². The average molecular weight is 323 g/mol. The highest BCUT2D eigenvalue weighted by Gasteiger charge is 2.18. The maximum absolute atomic E-state index is 14.2. The molecule has 2 aromatic rings. The Morgan fingerprint density at radius 1 is 1.29 bits per heavy atom. The van der Waals surface area contributed by atoms with Crippen molar-refractivity contribution in [3.63, 3.8) is 0 Å². The van der Waals surface area contributed by atoms with Crippen molar-refractivity contribution in [3.05, 3.63) is 59.4 Å². The minimum Gasteiger partial charge on any atom is -0.494 e. The van der Waals surface area contributed by atoms with E-state index in [0.717, 1.165) is 12.8 Å². The van der Waals surface area contributed by atoms with Gasteiger partial charge in [-0.05, 0) is 50.1 Å². The van der Waals surface area contributed by atoms with Crippen molar-refractivity contribution in [2.24, 2.45) is 5.92 Å². The van der Waals surface area contributed by atoms with E-state index in [1.807, 2.05) is 6.92 Å². The normalized spacial score (nSPS) is 12.9. The number of halogens is 1. The zero-order valence-corrected chi connectivity index (χ0v) is 13.4.